The lowest BCUT2D eigenvalue weighted by Gasteiger charge is -2.23. The summed E-state index contributed by atoms with van der Waals surface area (Å²) in [4.78, 5) is 38.0. The zero-order valence-corrected chi connectivity index (χ0v) is 15.7. The maximum absolute atomic E-state index is 12.3. The topological polar surface area (TPSA) is 78.5 Å². The molecule has 3 unspecified atom stereocenters. The Morgan fingerprint density at radius 1 is 1.28 bits per heavy atom. The number of hydrogen-bond acceptors (Lipinski definition) is 3. The van der Waals surface area contributed by atoms with Crippen LogP contribution in [0.15, 0.2) is 28.7 Å². The van der Waals surface area contributed by atoms with Crippen LogP contribution >= 0.6 is 15.9 Å². The van der Waals surface area contributed by atoms with Crippen molar-refractivity contribution in [1.82, 2.24) is 15.5 Å². The predicted molar refractivity (Wildman–Crippen MR) is 96.8 cm³/mol. The van der Waals surface area contributed by atoms with Crippen molar-refractivity contribution in [1.29, 1.82) is 0 Å². The molecule has 0 aromatic heterocycles. The second kappa shape index (κ2) is 7.56. The van der Waals surface area contributed by atoms with Gasteiger partial charge in [-0.25, -0.2) is 0 Å². The van der Waals surface area contributed by atoms with E-state index in [4.69, 9.17) is 0 Å². The fraction of sp³-hybridized carbons (Fsp3) is 0.500. The van der Waals surface area contributed by atoms with E-state index in [9.17, 15) is 14.4 Å². The fourth-order valence-electron chi connectivity index (χ4n) is 3.49. The Balaban J connectivity index is 1.50. The van der Waals surface area contributed by atoms with Gasteiger partial charge in [0.1, 0.15) is 6.04 Å². The summed E-state index contributed by atoms with van der Waals surface area (Å²) in [5, 5.41) is 5.33. The van der Waals surface area contributed by atoms with E-state index in [1.807, 2.05) is 24.3 Å². The molecule has 0 radical (unpaired) electrons. The Hall–Kier alpha value is -1.89. The van der Waals surface area contributed by atoms with Gasteiger partial charge in [0.05, 0.1) is 6.54 Å². The number of rotatable bonds is 5. The zero-order chi connectivity index (χ0) is 18.0. The number of amides is 3. The molecular formula is C18H22BrN3O3. The fourth-order valence-corrected chi connectivity index (χ4v) is 3.91. The quantitative estimate of drug-likeness (QED) is 0.774. The molecule has 2 N–H and O–H groups in total. The summed E-state index contributed by atoms with van der Waals surface area (Å²) < 4.78 is 1.00. The van der Waals surface area contributed by atoms with Crippen LogP contribution in [0.4, 0.5) is 0 Å². The molecule has 7 heteroatoms. The first-order valence-corrected chi connectivity index (χ1v) is 9.34. The summed E-state index contributed by atoms with van der Waals surface area (Å²) in [6.45, 7) is 0.519. The number of hydrogen-bond donors (Lipinski definition) is 2. The smallest absolute Gasteiger partial charge is 0.242 e. The second-order valence-corrected chi connectivity index (χ2v) is 7.50. The lowest BCUT2D eigenvalue weighted by molar-refractivity contribution is -0.138. The monoisotopic (exact) mass is 407 g/mol. The van der Waals surface area contributed by atoms with Gasteiger partial charge in [0.2, 0.25) is 17.7 Å². The van der Waals surface area contributed by atoms with Gasteiger partial charge in [-0.15, -0.1) is 0 Å². The Labute approximate surface area is 155 Å². The number of likely N-dealkylation sites (tertiary alicyclic amines) is 1. The average Bonchev–Trinajstić information content (AvgIpc) is 3.27. The molecule has 3 rings (SSSR count). The lowest BCUT2D eigenvalue weighted by Crippen LogP contribution is -2.48. The number of carbonyl (C=O) groups excluding carboxylic acids is 3. The Bertz CT molecular complexity index is 694. The maximum Gasteiger partial charge on any atom is 0.242 e. The third-order valence-corrected chi connectivity index (χ3v) is 5.43. The van der Waals surface area contributed by atoms with E-state index in [0.29, 0.717) is 13.0 Å². The van der Waals surface area contributed by atoms with E-state index in [-0.39, 0.29) is 36.1 Å². The molecule has 2 fully saturated rings. The van der Waals surface area contributed by atoms with E-state index < -0.39 is 6.04 Å². The molecule has 25 heavy (non-hydrogen) atoms. The van der Waals surface area contributed by atoms with Crippen molar-refractivity contribution in [3.63, 3.8) is 0 Å². The molecule has 1 aliphatic carbocycles. The molecule has 1 heterocycles. The van der Waals surface area contributed by atoms with Crippen molar-refractivity contribution in [2.45, 2.75) is 31.2 Å². The van der Waals surface area contributed by atoms with Crippen LogP contribution in [0.2, 0.25) is 0 Å². The molecule has 0 bridgehead atoms. The third kappa shape index (κ3) is 4.03. The Morgan fingerprint density at radius 2 is 2.08 bits per heavy atom. The van der Waals surface area contributed by atoms with Gasteiger partial charge in [-0.05, 0) is 42.9 Å². The average molecular weight is 408 g/mol. The molecule has 1 aromatic carbocycles. The van der Waals surface area contributed by atoms with Gasteiger partial charge in [0, 0.05) is 24.0 Å². The minimum absolute atomic E-state index is 0.0476. The zero-order valence-electron chi connectivity index (χ0n) is 14.1. The molecule has 1 aromatic rings. The van der Waals surface area contributed by atoms with Crippen molar-refractivity contribution in [2.24, 2.45) is 5.92 Å². The van der Waals surface area contributed by atoms with Crippen LogP contribution in [0.5, 0.6) is 0 Å². The summed E-state index contributed by atoms with van der Waals surface area (Å²) in [6, 6.07) is 7.55. The van der Waals surface area contributed by atoms with Gasteiger partial charge in [0.15, 0.2) is 0 Å². The Morgan fingerprint density at radius 3 is 2.80 bits per heavy atom. The van der Waals surface area contributed by atoms with E-state index in [2.05, 4.69) is 26.6 Å². The molecule has 134 valence electrons. The molecule has 6 nitrogen and oxygen atoms in total. The first-order chi connectivity index (χ1) is 12.0. The number of halogens is 1. The second-order valence-electron chi connectivity index (χ2n) is 6.58. The van der Waals surface area contributed by atoms with Crippen LogP contribution in [-0.2, 0) is 14.4 Å². The molecule has 2 aliphatic rings. The molecule has 3 amide bonds. The van der Waals surface area contributed by atoms with Crippen molar-refractivity contribution < 1.29 is 14.4 Å². The van der Waals surface area contributed by atoms with Crippen LogP contribution in [0.25, 0.3) is 0 Å². The molecule has 3 atom stereocenters. The third-order valence-electron chi connectivity index (χ3n) is 4.94. The number of benzene rings is 1. The number of nitrogens with zero attached hydrogens (tertiary/aromatic N) is 1. The Kier molecular flexibility index (Phi) is 5.42. The largest absolute Gasteiger partial charge is 0.357 e. The van der Waals surface area contributed by atoms with E-state index in [1.165, 1.54) is 0 Å². The first-order valence-electron chi connectivity index (χ1n) is 8.55. The van der Waals surface area contributed by atoms with Crippen LogP contribution in [-0.4, -0.2) is 48.8 Å². The number of nitrogens with one attached hydrogen (secondary N) is 2. The van der Waals surface area contributed by atoms with Gasteiger partial charge < -0.3 is 15.5 Å². The van der Waals surface area contributed by atoms with Gasteiger partial charge >= 0.3 is 0 Å². The highest BCUT2D eigenvalue weighted by molar-refractivity contribution is 9.10. The highest BCUT2D eigenvalue weighted by atomic mass is 79.9. The predicted octanol–water partition coefficient (Wildman–Crippen LogP) is 1.41. The summed E-state index contributed by atoms with van der Waals surface area (Å²) in [6.07, 6.45) is 2.29. The maximum atomic E-state index is 12.3. The van der Waals surface area contributed by atoms with Gasteiger partial charge in [-0.3, -0.25) is 14.4 Å². The number of carbonyl (C=O) groups is 3. The van der Waals surface area contributed by atoms with Crippen molar-refractivity contribution >= 4 is 33.7 Å². The summed E-state index contributed by atoms with van der Waals surface area (Å²) in [7, 11) is 1.57. The minimum Gasteiger partial charge on any atom is -0.357 e. The lowest BCUT2D eigenvalue weighted by atomic mass is 10.1. The number of likely N-dealkylation sites (N-methyl/N-ethyl adjacent to an activating group) is 1. The molecular weight excluding hydrogens is 386 g/mol. The standard InChI is InChI=1S/C18H22BrN3O3/c1-20-18(25)15-6-3-7-22(15)16(23)10-21-17(24)14-9-13(14)11-4-2-5-12(19)8-11/h2,4-5,8,13-15H,3,6-7,9-10H2,1H3,(H,20,25)(H,21,24). The highest BCUT2D eigenvalue weighted by Crippen LogP contribution is 2.47. The normalized spacial score (nSPS) is 24.7. The molecule has 1 saturated heterocycles. The summed E-state index contributed by atoms with van der Waals surface area (Å²) in [5.74, 6) is -0.282. The molecule has 0 spiro atoms. The van der Waals surface area contributed by atoms with Gasteiger partial charge in [0.25, 0.3) is 0 Å². The van der Waals surface area contributed by atoms with Crippen molar-refractivity contribution in [2.75, 3.05) is 20.1 Å². The summed E-state index contributed by atoms with van der Waals surface area (Å²) in [5.41, 5.74) is 1.14. The van der Waals surface area contributed by atoms with Gasteiger partial charge in [-0.1, -0.05) is 28.1 Å². The van der Waals surface area contributed by atoms with Crippen molar-refractivity contribution in [3.8, 4) is 0 Å². The van der Waals surface area contributed by atoms with E-state index in [0.717, 1.165) is 22.9 Å². The van der Waals surface area contributed by atoms with Crippen LogP contribution in [0, 0.1) is 5.92 Å². The molecule has 1 saturated carbocycles. The van der Waals surface area contributed by atoms with E-state index >= 15 is 0 Å². The van der Waals surface area contributed by atoms with Crippen LogP contribution in [0.1, 0.15) is 30.7 Å². The molecule has 1 aliphatic heterocycles. The van der Waals surface area contributed by atoms with Crippen molar-refractivity contribution in [3.05, 3.63) is 34.3 Å². The van der Waals surface area contributed by atoms with E-state index in [1.54, 1.807) is 11.9 Å². The summed E-state index contributed by atoms with van der Waals surface area (Å²) >= 11 is 3.44. The van der Waals surface area contributed by atoms with Gasteiger partial charge in [-0.2, -0.15) is 0 Å². The van der Waals surface area contributed by atoms with Crippen LogP contribution < -0.4 is 10.6 Å². The van der Waals surface area contributed by atoms with Crippen LogP contribution in [0.3, 0.4) is 0 Å². The minimum atomic E-state index is -0.412. The first kappa shape index (κ1) is 17.9. The SMILES string of the molecule is CNC(=O)C1CCCN1C(=O)CNC(=O)C1CC1c1cccc(Br)c1. The highest BCUT2D eigenvalue weighted by Gasteiger charge is 2.44.